The molecule has 1 aromatic carbocycles. The van der Waals surface area contributed by atoms with E-state index in [2.05, 4.69) is 37.9 Å². The Labute approximate surface area is 154 Å². The minimum absolute atomic E-state index is 0.0477. The van der Waals surface area contributed by atoms with Gasteiger partial charge in [0.1, 0.15) is 12.1 Å². The summed E-state index contributed by atoms with van der Waals surface area (Å²) >= 11 is 1.64. The van der Waals surface area contributed by atoms with Crippen LogP contribution in [-0.2, 0) is 0 Å². The Morgan fingerprint density at radius 3 is 2.73 bits per heavy atom. The van der Waals surface area contributed by atoms with Gasteiger partial charge in [-0.1, -0.05) is 0 Å². The molecule has 1 N–H and O–H groups in total. The van der Waals surface area contributed by atoms with Crippen LogP contribution >= 0.6 is 11.3 Å². The molecule has 0 aliphatic carbocycles. The number of nitrogens with zero attached hydrogens (tertiary/aromatic N) is 5. The van der Waals surface area contributed by atoms with Crippen molar-refractivity contribution in [3.63, 3.8) is 0 Å². The van der Waals surface area contributed by atoms with E-state index in [0.717, 1.165) is 33.4 Å². The summed E-state index contributed by atoms with van der Waals surface area (Å²) in [6, 6.07) is 9.83. The Balaban J connectivity index is 1.72. The van der Waals surface area contributed by atoms with Crippen LogP contribution in [0.15, 0.2) is 42.0 Å². The molecule has 26 heavy (non-hydrogen) atoms. The number of benzene rings is 1. The van der Waals surface area contributed by atoms with Crippen LogP contribution in [0.2, 0.25) is 0 Å². The van der Waals surface area contributed by atoms with Crippen LogP contribution in [0.1, 0.15) is 23.7 Å². The molecule has 1 atom stereocenters. The maximum Gasteiger partial charge on any atom is 0.200 e. The molecule has 0 fully saturated rings. The summed E-state index contributed by atoms with van der Waals surface area (Å²) in [4.78, 5) is 4.56. The van der Waals surface area contributed by atoms with E-state index in [4.69, 9.17) is 4.74 Å². The molecule has 3 heterocycles. The largest absolute Gasteiger partial charge is 0.497 e. The molecule has 4 aromatic rings. The van der Waals surface area contributed by atoms with Crippen molar-refractivity contribution in [2.24, 2.45) is 0 Å². The Morgan fingerprint density at radius 1 is 1.23 bits per heavy atom. The third kappa shape index (κ3) is 3.11. The lowest BCUT2D eigenvalue weighted by Crippen LogP contribution is -2.09. The summed E-state index contributed by atoms with van der Waals surface area (Å²) < 4.78 is 6.91. The SMILES string of the molecule is COc1ccc(-c2cc(NC(C)c3csc(C)n3)c3nncn3n2)cc1. The Morgan fingerprint density at radius 2 is 2.04 bits per heavy atom. The second kappa shape index (κ2) is 6.72. The number of hydrogen-bond acceptors (Lipinski definition) is 7. The number of methoxy groups -OCH3 is 1. The predicted octanol–water partition coefficient (Wildman–Crippen LogP) is 3.74. The molecule has 0 spiro atoms. The van der Waals surface area contributed by atoms with Crippen LogP contribution < -0.4 is 10.1 Å². The normalized spacial score (nSPS) is 12.3. The maximum atomic E-state index is 5.23. The van der Waals surface area contributed by atoms with Crippen LogP contribution in [-0.4, -0.2) is 31.9 Å². The standard InChI is InChI=1S/C18H18N6OS/c1-11(17-9-26-12(2)21-17)20-16-8-15(23-24-10-19-22-18(16)24)13-4-6-14(25-3)7-5-13/h4-11,20H,1-3H3. The van der Waals surface area contributed by atoms with E-state index >= 15 is 0 Å². The Hall–Kier alpha value is -3.00. The lowest BCUT2D eigenvalue weighted by atomic mass is 10.1. The van der Waals surface area contributed by atoms with Gasteiger partial charge >= 0.3 is 0 Å². The quantitative estimate of drug-likeness (QED) is 0.580. The van der Waals surface area contributed by atoms with Gasteiger partial charge in [-0.05, 0) is 44.2 Å². The molecule has 0 aliphatic heterocycles. The van der Waals surface area contributed by atoms with E-state index in [9.17, 15) is 0 Å². The molecule has 132 valence electrons. The van der Waals surface area contributed by atoms with Gasteiger partial charge in [0.15, 0.2) is 0 Å². The van der Waals surface area contributed by atoms with Gasteiger partial charge in [0.2, 0.25) is 5.65 Å². The maximum absolute atomic E-state index is 5.23. The van der Waals surface area contributed by atoms with Gasteiger partial charge in [-0.3, -0.25) is 0 Å². The first-order valence-electron chi connectivity index (χ1n) is 8.18. The van der Waals surface area contributed by atoms with Gasteiger partial charge in [-0.15, -0.1) is 21.5 Å². The fraction of sp³-hybridized carbons (Fsp3) is 0.222. The van der Waals surface area contributed by atoms with Crippen molar-refractivity contribution in [2.45, 2.75) is 19.9 Å². The van der Waals surface area contributed by atoms with Gasteiger partial charge in [0, 0.05) is 10.9 Å². The third-order valence-corrected chi connectivity index (χ3v) is 4.90. The van der Waals surface area contributed by atoms with Gasteiger partial charge < -0.3 is 10.1 Å². The zero-order valence-electron chi connectivity index (χ0n) is 14.7. The third-order valence-electron chi connectivity index (χ3n) is 4.11. The van der Waals surface area contributed by atoms with Gasteiger partial charge in [0.25, 0.3) is 0 Å². The van der Waals surface area contributed by atoms with E-state index in [0.29, 0.717) is 5.65 Å². The van der Waals surface area contributed by atoms with Crippen LogP contribution in [0.4, 0.5) is 5.69 Å². The van der Waals surface area contributed by atoms with Crippen LogP contribution in [0.25, 0.3) is 16.9 Å². The molecule has 0 amide bonds. The molecule has 0 radical (unpaired) electrons. The smallest absolute Gasteiger partial charge is 0.200 e. The van der Waals surface area contributed by atoms with Crippen molar-refractivity contribution < 1.29 is 4.74 Å². The molecule has 7 nitrogen and oxygen atoms in total. The zero-order valence-corrected chi connectivity index (χ0v) is 15.5. The van der Waals surface area contributed by atoms with Crippen molar-refractivity contribution in [2.75, 3.05) is 12.4 Å². The minimum atomic E-state index is 0.0477. The highest BCUT2D eigenvalue weighted by Gasteiger charge is 2.14. The van der Waals surface area contributed by atoms with E-state index in [1.807, 2.05) is 37.3 Å². The monoisotopic (exact) mass is 366 g/mol. The Kier molecular flexibility index (Phi) is 4.26. The highest BCUT2D eigenvalue weighted by Crippen LogP contribution is 2.28. The molecule has 0 saturated carbocycles. The molecule has 0 saturated heterocycles. The number of fused-ring (bicyclic) bond motifs is 1. The van der Waals surface area contributed by atoms with Gasteiger partial charge in [0.05, 0.1) is 35.2 Å². The first kappa shape index (κ1) is 16.5. The lowest BCUT2D eigenvalue weighted by Gasteiger charge is -2.14. The predicted molar refractivity (Wildman–Crippen MR) is 102 cm³/mol. The summed E-state index contributed by atoms with van der Waals surface area (Å²) in [7, 11) is 1.65. The highest BCUT2D eigenvalue weighted by molar-refractivity contribution is 7.09. The first-order chi connectivity index (χ1) is 12.6. The highest BCUT2D eigenvalue weighted by atomic mass is 32.1. The second-order valence-electron chi connectivity index (χ2n) is 5.93. The van der Waals surface area contributed by atoms with E-state index in [-0.39, 0.29) is 6.04 Å². The average molecular weight is 366 g/mol. The summed E-state index contributed by atoms with van der Waals surface area (Å²) in [6.45, 7) is 4.08. The van der Waals surface area contributed by atoms with Crippen LogP contribution in [0.3, 0.4) is 0 Å². The molecule has 0 aliphatic rings. The van der Waals surface area contributed by atoms with Crippen LogP contribution in [0, 0.1) is 6.92 Å². The summed E-state index contributed by atoms with van der Waals surface area (Å²) in [5.74, 6) is 0.810. The van der Waals surface area contributed by atoms with Gasteiger partial charge in [-0.2, -0.15) is 9.61 Å². The number of aromatic nitrogens is 5. The molecular formula is C18H18N6OS. The number of thiazole rings is 1. The topological polar surface area (TPSA) is 77.2 Å². The lowest BCUT2D eigenvalue weighted by molar-refractivity contribution is 0.415. The van der Waals surface area contributed by atoms with Crippen LogP contribution in [0.5, 0.6) is 5.75 Å². The molecule has 3 aromatic heterocycles. The zero-order chi connectivity index (χ0) is 18.1. The average Bonchev–Trinajstić information content (AvgIpc) is 3.30. The number of ether oxygens (including phenoxy) is 1. The van der Waals surface area contributed by atoms with Crippen molar-refractivity contribution >= 4 is 22.7 Å². The fourth-order valence-electron chi connectivity index (χ4n) is 2.72. The summed E-state index contributed by atoms with van der Waals surface area (Å²) in [5, 5.41) is 19.4. The van der Waals surface area contributed by atoms with Gasteiger partial charge in [-0.25, -0.2) is 4.98 Å². The minimum Gasteiger partial charge on any atom is -0.497 e. The van der Waals surface area contributed by atoms with E-state index in [1.165, 1.54) is 0 Å². The Bertz CT molecular complexity index is 1040. The van der Waals surface area contributed by atoms with Crippen molar-refractivity contribution in [1.29, 1.82) is 0 Å². The van der Waals surface area contributed by atoms with E-state index in [1.54, 1.807) is 29.3 Å². The van der Waals surface area contributed by atoms with E-state index < -0.39 is 0 Å². The number of nitrogens with one attached hydrogen (secondary N) is 1. The summed E-state index contributed by atoms with van der Waals surface area (Å²) in [6.07, 6.45) is 1.60. The molecule has 8 heteroatoms. The molecule has 1 unspecified atom stereocenters. The first-order valence-corrected chi connectivity index (χ1v) is 9.06. The summed E-state index contributed by atoms with van der Waals surface area (Å²) in [5.41, 5.74) is 4.36. The van der Waals surface area contributed by atoms with Crippen molar-refractivity contribution in [3.05, 3.63) is 52.7 Å². The molecule has 0 bridgehead atoms. The fourth-order valence-corrected chi connectivity index (χ4v) is 3.43. The number of aryl methyl sites for hydroxylation is 1. The second-order valence-corrected chi connectivity index (χ2v) is 6.99. The van der Waals surface area contributed by atoms with Crippen molar-refractivity contribution in [3.8, 4) is 17.0 Å². The number of hydrogen-bond donors (Lipinski definition) is 1. The van der Waals surface area contributed by atoms with Crippen molar-refractivity contribution in [1.82, 2.24) is 24.8 Å². The molecule has 4 rings (SSSR count). The number of rotatable bonds is 5. The molecular weight excluding hydrogens is 348 g/mol. The number of anilines is 1.